The molecule has 0 atom stereocenters. The summed E-state index contributed by atoms with van der Waals surface area (Å²) in [5, 5.41) is 7.11. The molecule has 0 spiro atoms. The third-order valence-corrected chi connectivity index (χ3v) is 1.51. The van der Waals surface area contributed by atoms with Crippen LogP contribution >= 0.6 is 0 Å². The SMILES string of the molecule is CC(C)(C)n1c[c-]c(=N)[nH]c1=O.[Y]. The molecule has 2 N–H and O–H groups in total. The first kappa shape index (κ1) is 12.8. The van der Waals surface area contributed by atoms with E-state index in [1.54, 1.807) is 0 Å². The van der Waals surface area contributed by atoms with Gasteiger partial charge in [-0.05, 0) is 20.8 Å². The van der Waals surface area contributed by atoms with Gasteiger partial charge >= 0.3 is 5.69 Å². The van der Waals surface area contributed by atoms with Crippen molar-refractivity contribution in [3.05, 3.63) is 28.2 Å². The topological polar surface area (TPSA) is 61.6 Å². The van der Waals surface area contributed by atoms with Gasteiger partial charge in [0.05, 0.1) is 0 Å². The Morgan fingerprint density at radius 2 is 2.08 bits per heavy atom. The minimum atomic E-state index is -0.272. The molecule has 1 rings (SSSR count). The van der Waals surface area contributed by atoms with Crippen molar-refractivity contribution >= 4 is 0 Å². The standard InChI is InChI=1S/C8H12N3O.Y/c1-8(2,3)11-5-4-6(9)10-7(11)12;/h5H,1-3H3,(H2,9,10,12);/q-1;. The van der Waals surface area contributed by atoms with Gasteiger partial charge in [-0.1, -0.05) is 5.49 Å². The molecular formula is C8H12N3OY-. The van der Waals surface area contributed by atoms with E-state index in [-0.39, 0.29) is 49.4 Å². The summed E-state index contributed by atoms with van der Waals surface area (Å²) < 4.78 is 1.50. The summed E-state index contributed by atoms with van der Waals surface area (Å²) in [6.07, 6.45) is 1.50. The van der Waals surface area contributed by atoms with Crippen LogP contribution in [0.3, 0.4) is 0 Å². The van der Waals surface area contributed by atoms with Crippen LogP contribution in [0.5, 0.6) is 0 Å². The molecule has 0 bridgehead atoms. The van der Waals surface area contributed by atoms with Crippen molar-refractivity contribution in [3.8, 4) is 0 Å². The molecule has 1 aromatic heterocycles. The second-order valence-electron chi connectivity index (χ2n) is 3.62. The summed E-state index contributed by atoms with van der Waals surface area (Å²) in [4.78, 5) is 13.6. The molecule has 0 saturated heterocycles. The van der Waals surface area contributed by atoms with Crippen molar-refractivity contribution < 1.29 is 32.7 Å². The molecular weight excluding hydrogens is 243 g/mol. The summed E-state index contributed by atoms with van der Waals surface area (Å²) in [5.41, 5.74) is -0.524. The maximum atomic E-state index is 11.3. The zero-order chi connectivity index (χ0) is 9.35. The summed E-state index contributed by atoms with van der Waals surface area (Å²) in [6.45, 7) is 5.75. The van der Waals surface area contributed by atoms with Crippen LogP contribution in [0.1, 0.15) is 20.8 Å². The Balaban J connectivity index is 0.00000144. The van der Waals surface area contributed by atoms with E-state index in [1.807, 2.05) is 20.8 Å². The average molecular weight is 255 g/mol. The molecule has 0 saturated carbocycles. The van der Waals surface area contributed by atoms with E-state index < -0.39 is 0 Å². The van der Waals surface area contributed by atoms with Crippen molar-refractivity contribution in [2.45, 2.75) is 26.3 Å². The molecule has 0 aromatic carbocycles. The van der Waals surface area contributed by atoms with Crippen LogP contribution in [0.4, 0.5) is 0 Å². The molecule has 0 aliphatic heterocycles. The number of H-pyrrole nitrogens is 1. The van der Waals surface area contributed by atoms with Gasteiger partial charge in [-0.3, -0.25) is 0 Å². The van der Waals surface area contributed by atoms with E-state index in [0.29, 0.717) is 0 Å². The molecule has 1 aromatic rings. The van der Waals surface area contributed by atoms with Gasteiger partial charge < -0.3 is 21.0 Å². The van der Waals surface area contributed by atoms with E-state index in [9.17, 15) is 4.79 Å². The Bertz CT molecular complexity index is 385. The predicted octanol–water partition coefficient (Wildman–Crippen LogP) is 0.209. The van der Waals surface area contributed by atoms with Crippen molar-refractivity contribution in [2.24, 2.45) is 0 Å². The fourth-order valence-electron chi connectivity index (χ4n) is 0.889. The van der Waals surface area contributed by atoms with Gasteiger partial charge in [-0.25, -0.2) is 4.79 Å². The molecule has 13 heavy (non-hydrogen) atoms. The van der Waals surface area contributed by atoms with Crippen molar-refractivity contribution in [3.63, 3.8) is 0 Å². The average Bonchev–Trinajstić information content (AvgIpc) is 1.83. The summed E-state index contributed by atoms with van der Waals surface area (Å²) in [5.74, 6) is 0. The van der Waals surface area contributed by atoms with Gasteiger partial charge in [0.25, 0.3) is 0 Å². The van der Waals surface area contributed by atoms with Crippen LogP contribution in [0, 0.1) is 11.5 Å². The smallest absolute Gasteiger partial charge is 0.322 e. The fourth-order valence-corrected chi connectivity index (χ4v) is 0.889. The molecule has 0 aliphatic carbocycles. The maximum Gasteiger partial charge on any atom is 0.322 e. The van der Waals surface area contributed by atoms with Gasteiger partial charge in [0.15, 0.2) is 0 Å². The van der Waals surface area contributed by atoms with Gasteiger partial charge in [-0.2, -0.15) is 6.20 Å². The molecule has 69 valence electrons. The summed E-state index contributed by atoms with van der Waals surface area (Å²) in [7, 11) is 0. The zero-order valence-electron chi connectivity index (χ0n) is 8.01. The summed E-state index contributed by atoms with van der Waals surface area (Å²) >= 11 is 0. The van der Waals surface area contributed by atoms with Gasteiger partial charge in [0, 0.05) is 38.2 Å². The van der Waals surface area contributed by atoms with Crippen LogP contribution in [-0.4, -0.2) is 9.55 Å². The van der Waals surface area contributed by atoms with Crippen molar-refractivity contribution in [1.29, 1.82) is 5.41 Å². The third kappa shape index (κ3) is 3.20. The van der Waals surface area contributed by atoms with Crippen LogP contribution in [0.15, 0.2) is 11.0 Å². The Morgan fingerprint density at radius 3 is 2.46 bits per heavy atom. The normalized spacial score (nSPS) is 10.7. The van der Waals surface area contributed by atoms with E-state index in [0.717, 1.165) is 0 Å². The quantitative estimate of drug-likeness (QED) is 0.639. The van der Waals surface area contributed by atoms with Crippen LogP contribution < -0.4 is 11.2 Å². The Morgan fingerprint density at radius 1 is 1.54 bits per heavy atom. The van der Waals surface area contributed by atoms with Gasteiger partial charge in [-0.15, -0.1) is 0 Å². The number of aromatic nitrogens is 2. The second kappa shape index (κ2) is 4.33. The number of nitrogens with zero attached hydrogens (tertiary/aromatic N) is 1. The Labute approximate surface area is 102 Å². The minimum Gasteiger partial charge on any atom is -0.411 e. The molecule has 0 unspecified atom stereocenters. The first-order valence-electron chi connectivity index (χ1n) is 3.70. The van der Waals surface area contributed by atoms with Crippen molar-refractivity contribution in [1.82, 2.24) is 9.55 Å². The largest absolute Gasteiger partial charge is 0.411 e. The maximum absolute atomic E-state index is 11.3. The molecule has 1 radical (unpaired) electrons. The third-order valence-electron chi connectivity index (χ3n) is 1.51. The molecule has 5 heteroatoms. The van der Waals surface area contributed by atoms with Crippen LogP contribution in [0.25, 0.3) is 0 Å². The minimum absolute atomic E-state index is 0. The van der Waals surface area contributed by atoms with E-state index in [1.165, 1.54) is 10.8 Å². The summed E-state index contributed by atoms with van der Waals surface area (Å²) in [6, 6.07) is 2.62. The Hall–Kier alpha value is -0.216. The van der Waals surface area contributed by atoms with Gasteiger partial charge in [0.1, 0.15) is 0 Å². The number of aromatic amines is 1. The number of hydrogen-bond acceptors (Lipinski definition) is 2. The predicted molar refractivity (Wildman–Crippen MR) is 44.7 cm³/mol. The van der Waals surface area contributed by atoms with Crippen LogP contribution in [-0.2, 0) is 38.2 Å². The first-order chi connectivity index (χ1) is 5.41. The Kier molecular flexibility index (Phi) is 4.26. The van der Waals surface area contributed by atoms with Gasteiger partial charge in [0.2, 0.25) is 0 Å². The zero-order valence-corrected chi connectivity index (χ0v) is 10.8. The van der Waals surface area contributed by atoms with Crippen molar-refractivity contribution in [2.75, 3.05) is 0 Å². The number of rotatable bonds is 0. The fraction of sp³-hybridized carbons (Fsp3) is 0.500. The monoisotopic (exact) mass is 255 g/mol. The van der Waals surface area contributed by atoms with E-state index >= 15 is 0 Å². The molecule has 0 aliphatic rings. The first-order valence-corrected chi connectivity index (χ1v) is 3.70. The van der Waals surface area contributed by atoms with Crippen LogP contribution in [0.2, 0.25) is 0 Å². The number of nitrogens with one attached hydrogen (secondary N) is 2. The second-order valence-corrected chi connectivity index (χ2v) is 3.62. The molecule has 0 amide bonds. The molecule has 4 nitrogen and oxygen atoms in total. The van der Waals surface area contributed by atoms with E-state index in [4.69, 9.17) is 5.41 Å². The van der Waals surface area contributed by atoms with E-state index in [2.05, 4.69) is 11.1 Å². The number of hydrogen-bond donors (Lipinski definition) is 2. The molecule has 0 fully saturated rings. The molecule has 1 heterocycles.